The highest BCUT2D eigenvalue weighted by molar-refractivity contribution is 5.90. The number of imidazole rings is 3. The molecule has 0 aliphatic heterocycles. The molecule has 6 aromatic rings. The van der Waals surface area contributed by atoms with Crippen molar-refractivity contribution in [3.05, 3.63) is 65.5 Å². The van der Waals surface area contributed by atoms with Gasteiger partial charge < -0.3 is 9.30 Å². The molecular weight excluding hydrogens is 499 g/mol. The van der Waals surface area contributed by atoms with Crippen LogP contribution in [0, 0.1) is 11.7 Å². The van der Waals surface area contributed by atoms with E-state index in [0.29, 0.717) is 57.1 Å². The molecule has 0 atom stereocenters. The van der Waals surface area contributed by atoms with Gasteiger partial charge in [-0.3, -0.25) is 18.4 Å². The van der Waals surface area contributed by atoms with E-state index >= 15 is 4.39 Å². The van der Waals surface area contributed by atoms with Crippen molar-refractivity contribution in [2.24, 2.45) is 34.1 Å². The summed E-state index contributed by atoms with van der Waals surface area (Å²) in [4.78, 5) is 22.1. The van der Waals surface area contributed by atoms with Crippen molar-refractivity contribution in [3.8, 4) is 34.1 Å². The van der Waals surface area contributed by atoms with Gasteiger partial charge in [0.05, 0.1) is 47.6 Å². The second-order valence-electron chi connectivity index (χ2n) is 10.3. The van der Waals surface area contributed by atoms with Crippen molar-refractivity contribution in [1.29, 1.82) is 0 Å². The van der Waals surface area contributed by atoms with Crippen molar-refractivity contribution in [2.75, 3.05) is 6.61 Å². The Labute approximate surface area is 223 Å². The van der Waals surface area contributed by atoms with Crippen molar-refractivity contribution < 1.29 is 9.13 Å². The number of benzene rings is 2. The molecule has 0 radical (unpaired) electrons. The summed E-state index contributed by atoms with van der Waals surface area (Å²) in [6, 6.07) is 7.03. The fraction of sp³-hybridized carbons (Fsp3) is 0.286. The highest BCUT2D eigenvalue weighted by Gasteiger charge is 2.23. The average Bonchev–Trinajstić information content (AvgIpc) is 3.65. The molecule has 10 nitrogen and oxygen atoms in total. The Bertz CT molecular complexity index is 1930. The Morgan fingerprint density at radius 1 is 1.00 bits per heavy atom. The maximum atomic E-state index is 15.6. The van der Waals surface area contributed by atoms with E-state index in [0.717, 1.165) is 5.69 Å². The van der Waals surface area contributed by atoms with Gasteiger partial charge in [0.1, 0.15) is 22.8 Å². The van der Waals surface area contributed by atoms with Gasteiger partial charge in [0.15, 0.2) is 5.82 Å². The third-order valence-corrected chi connectivity index (χ3v) is 6.95. The molecule has 2 aromatic carbocycles. The zero-order valence-electron chi connectivity index (χ0n) is 22.7. The summed E-state index contributed by atoms with van der Waals surface area (Å²) in [6.45, 7) is 4.61. The number of nitrogens with zero attached hydrogens (tertiary/aromatic N) is 8. The van der Waals surface area contributed by atoms with Crippen LogP contribution in [0.1, 0.15) is 13.8 Å². The Hall–Kier alpha value is -4.67. The van der Waals surface area contributed by atoms with Crippen LogP contribution < -0.4 is 10.4 Å². The fourth-order valence-electron chi connectivity index (χ4n) is 4.98. The van der Waals surface area contributed by atoms with Gasteiger partial charge in [-0.05, 0) is 18.1 Å². The van der Waals surface area contributed by atoms with Gasteiger partial charge in [0.25, 0.3) is 0 Å². The molecule has 39 heavy (non-hydrogen) atoms. The van der Waals surface area contributed by atoms with E-state index in [9.17, 15) is 4.79 Å². The highest BCUT2D eigenvalue weighted by atomic mass is 19.1. The molecule has 0 fully saturated rings. The highest BCUT2D eigenvalue weighted by Crippen LogP contribution is 2.36. The molecule has 4 aromatic heterocycles. The molecule has 0 amide bonds. The molecule has 0 spiro atoms. The normalized spacial score (nSPS) is 11.9. The van der Waals surface area contributed by atoms with Gasteiger partial charge in [0, 0.05) is 57.6 Å². The Morgan fingerprint density at radius 2 is 1.79 bits per heavy atom. The summed E-state index contributed by atoms with van der Waals surface area (Å²) in [5.41, 5.74) is 4.94. The van der Waals surface area contributed by atoms with Crippen LogP contribution in [0.25, 0.3) is 50.4 Å². The number of hydrogen-bond acceptors (Lipinski definition) is 5. The van der Waals surface area contributed by atoms with E-state index in [-0.39, 0.29) is 11.6 Å². The van der Waals surface area contributed by atoms with Crippen molar-refractivity contribution in [2.45, 2.75) is 13.8 Å². The van der Waals surface area contributed by atoms with Crippen LogP contribution >= 0.6 is 0 Å². The monoisotopic (exact) mass is 528 g/mol. The lowest BCUT2D eigenvalue weighted by molar-refractivity contribution is 0.273. The maximum absolute atomic E-state index is 15.6. The summed E-state index contributed by atoms with van der Waals surface area (Å²) < 4.78 is 30.4. The molecular formula is C28H29FN8O2. The number of rotatable bonds is 6. The van der Waals surface area contributed by atoms with Crippen molar-refractivity contribution in [3.63, 3.8) is 0 Å². The van der Waals surface area contributed by atoms with Crippen LogP contribution in [-0.2, 0) is 28.2 Å². The second kappa shape index (κ2) is 8.97. The molecule has 200 valence electrons. The smallest absolute Gasteiger partial charge is 0.328 e. The minimum absolute atomic E-state index is 0.161. The Balaban J connectivity index is 1.67. The molecule has 0 aliphatic rings. The van der Waals surface area contributed by atoms with Crippen LogP contribution in [0.4, 0.5) is 4.39 Å². The number of hydrogen-bond donors (Lipinski definition) is 0. The summed E-state index contributed by atoms with van der Waals surface area (Å²) >= 11 is 0. The van der Waals surface area contributed by atoms with Crippen molar-refractivity contribution >= 4 is 22.1 Å². The van der Waals surface area contributed by atoms with Gasteiger partial charge in [-0.2, -0.15) is 5.10 Å². The summed E-state index contributed by atoms with van der Waals surface area (Å²) in [5, 5.41) is 4.19. The SMILES string of the molecule is CC(C)COc1cc(-n2c(-c3cncn3C)nc3cc(-c4cnn(C)c4)c(F)cc32)cc2c1n(C)c(=O)n2C. The number of ether oxygens (including phenoxy) is 1. The molecule has 0 unspecified atom stereocenters. The third-order valence-electron chi connectivity index (χ3n) is 6.95. The second-order valence-corrected chi connectivity index (χ2v) is 10.3. The fourth-order valence-corrected chi connectivity index (χ4v) is 4.98. The minimum Gasteiger partial charge on any atom is -0.491 e. The zero-order chi connectivity index (χ0) is 27.6. The van der Waals surface area contributed by atoms with E-state index in [2.05, 4.69) is 23.9 Å². The van der Waals surface area contributed by atoms with Crippen LogP contribution in [0.2, 0.25) is 0 Å². The van der Waals surface area contributed by atoms with E-state index in [1.165, 1.54) is 6.07 Å². The molecule has 11 heteroatoms. The Morgan fingerprint density at radius 3 is 2.46 bits per heavy atom. The standard InChI is InChI=1S/C28H29FN8O2/c1-16(2)14-39-25-8-18(7-23-26(25)36(6)28(38)35(23)5)37-22-10-20(29)19(17-11-31-34(4)13-17)9-21(22)32-27(37)24-12-30-15-33(24)3/h7-13,15-16H,14H2,1-6H3. The number of halogens is 1. The predicted octanol–water partition coefficient (Wildman–Crippen LogP) is 4.19. The molecule has 6 rings (SSSR count). The summed E-state index contributed by atoms with van der Waals surface area (Å²) in [5.74, 6) is 1.05. The van der Waals surface area contributed by atoms with Gasteiger partial charge >= 0.3 is 5.69 Å². The van der Waals surface area contributed by atoms with E-state index < -0.39 is 5.82 Å². The van der Waals surface area contributed by atoms with Gasteiger partial charge in [-0.25, -0.2) is 19.2 Å². The van der Waals surface area contributed by atoms with Gasteiger partial charge in [-0.15, -0.1) is 0 Å². The first-order chi connectivity index (χ1) is 18.6. The van der Waals surface area contributed by atoms with E-state index in [1.54, 1.807) is 65.9 Å². The van der Waals surface area contributed by atoms with E-state index in [4.69, 9.17) is 9.72 Å². The van der Waals surface area contributed by atoms with Crippen LogP contribution in [-0.4, -0.2) is 44.6 Å². The van der Waals surface area contributed by atoms with Crippen LogP contribution in [0.15, 0.2) is 54.0 Å². The maximum Gasteiger partial charge on any atom is 0.328 e. The summed E-state index contributed by atoms with van der Waals surface area (Å²) in [6.07, 6.45) is 6.82. The van der Waals surface area contributed by atoms with Gasteiger partial charge in [-0.1, -0.05) is 13.8 Å². The molecule has 4 heterocycles. The average molecular weight is 529 g/mol. The lowest BCUT2D eigenvalue weighted by Crippen LogP contribution is -2.19. The predicted molar refractivity (Wildman–Crippen MR) is 147 cm³/mol. The first-order valence-corrected chi connectivity index (χ1v) is 12.6. The quantitative estimate of drug-likeness (QED) is 0.323. The number of aryl methyl sites for hydroxylation is 4. The lowest BCUT2D eigenvalue weighted by Gasteiger charge is -2.15. The topological polar surface area (TPSA) is 89.6 Å². The molecule has 0 N–H and O–H groups in total. The minimum atomic E-state index is -0.391. The largest absolute Gasteiger partial charge is 0.491 e. The first-order valence-electron chi connectivity index (χ1n) is 12.6. The lowest BCUT2D eigenvalue weighted by atomic mass is 10.1. The van der Waals surface area contributed by atoms with Crippen molar-refractivity contribution in [1.82, 2.24) is 38.0 Å². The van der Waals surface area contributed by atoms with Crippen LogP contribution in [0.3, 0.4) is 0 Å². The number of aromatic nitrogens is 8. The molecule has 0 saturated heterocycles. The molecule has 0 bridgehead atoms. The first kappa shape index (κ1) is 24.7. The number of fused-ring (bicyclic) bond motifs is 2. The van der Waals surface area contributed by atoms with Gasteiger partial charge in [0.2, 0.25) is 0 Å². The molecule has 0 saturated carbocycles. The zero-order valence-corrected chi connectivity index (χ0v) is 22.7. The third kappa shape index (κ3) is 3.92. The molecule has 0 aliphatic carbocycles. The Kier molecular flexibility index (Phi) is 5.67. The van der Waals surface area contributed by atoms with E-state index in [1.807, 2.05) is 28.3 Å². The summed E-state index contributed by atoms with van der Waals surface area (Å²) in [7, 11) is 7.14. The van der Waals surface area contributed by atoms with Crippen LogP contribution in [0.5, 0.6) is 5.75 Å².